The Morgan fingerprint density at radius 3 is 2.81 bits per heavy atom. The molecule has 4 N–H and O–H groups in total. The van der Waals surface area contributed by atoms with E-state index in [1.54, 1.807) is 0 Å². The van der Waals surface area contributed by atoms with E-state index in [1.165, 1.54) is 0 Å². The molecule has 1 heterocycles. The first kappa shape index (κ1) is 17.3. The van der Waals surface area contributed by atoms with E-state index in [4.69, 9.17) is 5.11 Å². The van der Waals surface area contributed by atoms with Gasteiger partial charge in [-0.3, -0.25) is 9.59 Å². The average Bonchev–Trinajstić information content (AvgIpc) is 2.45. The second-order valence-corrected chi connectivity index (χ2v) is 5.38. The molecule has 0 bridgehead atoms. The summed E-state index contributed by atoms with van der Waals surface area (Å²) in [4.78, 5) is 33.7. The molecule has 2 unspecified atom stereocenters. The molecule has 21 heavy (non-hydrogen) atoms. The minimum atomic E-state index is -0.789. The van der Waals surface area contributed by atoms with Crippen LogP contribution < -0.4 is 16.0 Å². The van der Waals surface area contributed by atoms with Crippen molar-refractivity contribution in [3.05, 3.63) is 0 Å². The summed E-state index contributed by atoms with van der Waals surface area (Å²) in [7, 11) is 0. The number of rotatable bonds is 8. The third-order valence-corrected chi connectivity index (χ3v) is 3.77. The number of piperidine rings is 1. The van der Waals surface area contributed by atoms with Crippen LogP contribution >= 0.6 is 0 Å². The largest absolute Gasteiger partial charge is 0.481 e. The number of carbonyl (C=O) groups excluding carboxylic acids is 2. The molecule has 0 spiro atoms. The van der Waals surface area contributed by atoms with Gasteiger partial charge in [0.25, 0.3) is 0 Å². The highest BCUT2D eigenvalue weighted by Gasteiger charge is 2.23. The molecule has 1 saturated heterocycles. The number of hydrogen-bond donors (Lipinski definition) is 4. The molecular weight excluding hydrogens is 274 g/mol. The summed E-state index contributed by atoms with van der Waals surface area (Å²) in [6.07, 6.45) is 3.95. The van der Waals surface area contributed by atoms with E-state index < -0.39 is 12.0 Å². The third kappa shape index (κ3) is 6.97. The molecule has 3 amide bonds. The van der Waals surface area contributed by atoms with Gasteiger partial charge in [-0.05, 0) is 31.6 Å². The van der Waals surface area contributed by atoms with Gasteiger partial charge in [-0.2, -0.15) is 0 Å². The highest BCUT2D eigenvalue weighted by Crippen LogP contribution is 2.14. The minimum Gasteiger partial charge on any atom is -0.481 e. The smallest absolute Gasteiger partial charge is 0.315 e. The fourth-order valence-corrected chi connectivity index (χ4v) is 2.39. The van der Waals surface area contributed by atoms with Crippen LogP contribution in [0.15, 0.2) is 0 Å². The molecule has 7 heteroatoms. The number of nitrogens with one attached hydrogen (secondary N) is 3. The molecule has 0 aromatic heterocycles. The monoisotopic (exact) mass is 299 g/mol. The molecule has 1 fully saturated rings. The minimum absolute atomic E-state index is 0.135. The van der Waals surface area contributed by atoms with Crippen molar-refractivity contribution in [1.82, 2.24) is 16.0 Å². The van der Waals surface area contributed by atoms with Crippen molar-refractivity contribution >= 4 is 17.9 Å². The highest BCUT2D eigenvalue weighted by atomic mass is 16.4. The van der Waals surface area contributed by atoms with Gasteiger partial charge in [0.05, 0.1) is 0 Å². The van der Waals surface area contributed by atoms with Gasteiger partial charge in [0.1, 0.15) is 6.04 Å². The van der Waals surface area contributed by atoms with E-state index in [9.17, 15) is 14.4 Å². The highest BCUT2D eigenvalue weighted by molar-refractivity contribution is 5.87. The fourth-order valence-electron chi connectivity index (χ4n) is 2.39. The van der Waals surface area contributed by atoms with Crippen LogP contribution in [0.25, 0.3) is 0 Å². The normalized spacial score (nSPS) is 19.5. The zero-order valence-corrected chi connectivity index (χ0v) is 12.5. The first-order valence-electron chi connectivity index (χ1n) is 7.56. The van der Waals surface area contributed by atoms with Crippen LogP contribution in [0, 0.1) is 5.92 Å². The van der Waals surface area contributed by atoms with Gasteiger partial charge in [-0.1, -0.05) is 13.3 Å². The molecule has 0 saturated carbocycles. The van der Waals surface area contributed by atoms with Gasteiger partial charge < -0.3 is 21.1 Å². The molecule has 0 aromatic carbocycles. The Hall–Kier alpha value is -1.79. The molecule has 0 aliphatic carbocycles. The molecule has 0 aromatic rings. The number of carbonyl (C=O) groups is 3. The number of urea groups is 1. The Labute approximate surface area is 124 Å². The summed E-state index contributed by atoms with van der Waals surface area (Å²) in [6, 6.07) is -0.794. The summed E-state index contributed by atoms with van der Waals surface area (Å²) in [5, 5.41) is 16.8. The first-order chi connectivity index (χ1) is 10.0. The molecule has 120 valence electrons. The lowest BCUT2D eigenvalue weighted by atomic mass is 9.97. The van der Waals surface area contributed by atoms with Crippen LogP contribution in [0.3, 0.4) is 0 Å². The molecule has 1 aliphatic heterocycles. The molecule has 2 atom stereocenters. The van der Waals surface area contributed by atoms with Gasteiger partial charge in [0.2, 0.25) is 5.91 Å². The fraction of sp³-hybridized carbons (Fsp3) is 0.786. The van der Waals surface area contributed by atoms with Gasteiger partial charge in [0.15, 0.2) is 0 Å². The van der Waals surface area contributed by atoms with Gasteiger partial charge in [0, 0.05) is 19.5 Å². The lowest BCUT2D eigenvalue weighted by molar-refractivity contribution is -0.137. The lowest BCUT2D eigenvalue weighted by Gasteiger charge is -2.23. The van der Waals surface area contributed by atoms with Crippen LogP contribution in [-0.4, -0.2) is 42.1 Å². The number of carboxylic acids is 1. The van der Waals surface area contributed by atoms with Crippen molar-refractivity contribution in [3.8, 4) is 0 Å². The Bertz CT molecular complexity index is 373. The SMILES string of the molecule is CCC(CCNC(=O)NC1CCCNC1=O)CCC(=O)O. The van der Waals surface area contributed by atoms with Crippen molar-refractivity contribution in [2.45, 2.75) is 51.5 Å². The molecule has 1 rings (SSSR count). The summed E-state index contributed by atoms with van der Waals surface area (Å²) in [6.45, 7) is 3.16. The maximum atomic E-state index is 11.7. The van der Waals surface area contributed by atoms with Crippen molar-refractivity contribution < 1.29 is 19.5 Å². The lowest BCUT2D eigenvalue weighted by Crippen LogP contribution is -2.52. The topological polar surface area (TPSA) is 108 Å². The van der Waals surface area contributed by atoms with E-state index in [0.29, 0.717) is 31.8 Å². The number of carboxylic acid groups (broad SMARTS) is 1. The van der Waals surface area contributed by atoms with Crippen molar-refractivity contribution in [2.24, 2.45) is 5.92 Å². The van der Waals surface area contributed by atoms with Crippen LogP contribution in [0.5, 0.6) is 0 Å². The molecule has 0 radical (unpaired) electrons. The Morgan fingerprint density at radius 1 is 1.43 bits per heavy atom. The number of aliphatic carboxylic acids is 1. The van der Waals surface area contributed by atoms with Crippen LogP contribution in [-0.2, 0) is 9.59 Å². The Balaban J connectivity index is 2.19. The zero-order chi connectivity index (χ0) is 15.7. The maximum absolute atomic E-state index is 11.7. The second kappa shape index (κ2) is 9.20. The molecular formula is C14H25N3O4. The van der Waals surface area contributed by atoms with Crippen LogP contribution in [0.2, 0.25) is 0 Å². The summed E-state index contributed by atoms with van der Waals surface area (Å²) >= 11 is 0. The Morgan fingerprint density at radius 2 is 2.19 bits per heavy atom. The standard InChI is InChI=1S/C14H25N3O4/c1-2-10(5-6-12(18)19)7-9-16-14(21)17-11-4-3-8-15-13(11)20/h10-11H,2-9H2,1H3,(H,15,20)(H,18,19)(H2,16,17,21). The summed E-state index contributed by atoms with van der Waals surface area (Å²) in [5.74, 6) is -0.633. The average molecular weight is 299 g/mol. The van der Waals surface area contributed by atoms with E-state index in [-0.39, 0.29) is 18.4 Å². The summed E-state index contributed by atoms with van der Waals surface area (Å²) < 4.78 is 0. The quantitative estimate of drug-likeness (QED) is 0.533. The van der Waals surface area contributed by atoms with E-state index >= 15 is 0 Å². The van der Waals surface area contributed by atoms with Crippen molar-refractivity contribution in [2.75, 3.05) is 13.1 Å². The Kier molecular flexibility index (Phi) is 7.56. The van der Waals surface area contributed by atoms with Gasteiger partial charge >= 0.3 is 12.0 Å². The van der Waals surface area contributed by atoms with Crippen LogP contribution in [0.4, 0.5) is 4.79 Å². The maximum Gasteiger partial charge on any atom is 0.315 e. The predicted octanol–water partition coefficient (Wildman–Crippen LogP) is 0.845. The number of amides is 3. The van der Waals surface area contributed by atoms with E-state index in [2.05, 4.69) is 16.0 Å². The predicted molar refractivity (Wildman–Crippen MR) is 77.8 cm³/mol. The van der Waals surface area contributed by atoms with E-state index in [1.807, 2.05) is 6.92 Å². The third-order valence-electron chi connectivity index (χ3n) is 3.77. The van der Waals surface area contributed by atoms with Crippen molar-refractivity contribution in [3.63, 3.8) is 0 Å². The van der Waals surface area contributed by atoms with E-state index in [0.717, 1.165) is 19.3 Å². The summed E-state index contributed by atoms with van der Waals surface area (Å²) in [5.41, 5.74) is 0. The van der Waals surface area contributed by atoms with Crippen LogP contribution in [0.1, 0.15) is 45.4 Å². The zero-order valence-electron chi connectivity index (χ0n) is 12.5. The van der Waals surface area contributed by atoms with Crippen molar-refractivity contribution in [1.29, 1.82) is 0 Å². The number of hydrogen-bond acceptors (Lipinski definition) is 3. The first-order valence-corrected chi connectivity index (χ1v) is 7.56. The van der Waals surface area contributed by atoms with Gasteiger partial charge in [-0.15, -0.1) is 0 Å². The molecule has 1 aliphatic rings. The second-order valence-electron chi connectivity index (χ2n) is 5.38. The van der Waals surface area contributed by atoms with Gasteiger partial charge in [-0.25, -0.2) is 4.79 Å². The molecule has 7 nitrogen and oxygen atoms in total.